The highest BCUT2D eigenvalue weighted by Gasteiger charge is 2.19. The second-order valence-corrected chi connectivity index (χ2v) is 7.85. The van der Waals surface area contributed by atoms with Gasteiger partial charge in [0.25, 0.3) is 10.0 Å². The molecule has 0 aliphatic heterocycles. The van der Waals surface area contributed by atoms with Gasteiger partial charge in [-0.3, -0.25) is 4.72 Å². The summed E-state index contributed by atoms with van der Waals surface area (Å²) in [5.41, 5.74) is 5.86. The largest absolute Gasteiger partial charge is 0.397 e. The summed E-state index contributed by atoms with van der Waals surface area (Å²) in [6.07, 6.45) is 0. The molecule has 0 saturated heterocycles. The molecule has 0 saturated carbocycles. The van der Waals surface area contributed by atoms with Crippen molar-refractivity contribution in [1.82, 2.24) is 0 Å². The Hall–Kier alpha value is -0.660. The minimum Gasteiger partial charge on any atom is -0.397 e. The summed E-state index contributed by atoms with van der Waals surface area (Å²) in [7, 11) is -3.88. The molecule has 2 aromatic carbocycles. The normalized spacial score (nSPS) is 11.4. The number of nitrogen functional groups attached to an aromatic ring is 1. The minimum absolute atomic E-state index is 0.0422. The second kappa shape index (κ2) is 6.22. The molecular weight excluding hydrogens is 422 g/mol. The molecule has 2 aromatic rings. The number of hydrogen-bond acceptors (Lipinski definition) is 3. The molecule has 0 spiro atoms. The van der Waals surface area contributed by atoms with Gasteiger partial charge < -0.3 is 5.73 Å². The summed E-state index contributed by atoms with van der Waals surface area (Å²) < 4.78 is 27.6. The third kappa shape index (κ3) is 3.76. The van der Waals surface area contributed by atoms with E-state index in [9.17, 15) is 8.42 Å². The van der Waals surface area contributed by atoms with Crippen LogP contribution >= 0.6 is 50.7 Å². The molecule has 0 unspecified atom stereocenters. The molecule has 0 bridgehead atoms. The Morgan fingerprint density at radius 1 is 1.00 bits per heavy atom. The molecule has 0 heterocycles. The number of nitrogens with one attached hydrogen (secondary N) is 1. The predicted octanol–water partition coefficient (Wildman–Crippen LogP) is 4.79. The Morgan fingerprint density at radius 3 is 2.10 bits per heavy atom. The van der Waals surface area contributed by atoms with Gasteiger partial charge in [-0.05, 0) is 30.3 Å². The van der Waals surface area contributed by atoms with Gasteiger partial charge >= 0.3 is 0 Å². The van der Waals surface area contributed by atoms with Gasteiger partial charge in [-0.15, -0.1) is 0 Å². The fraction of sp³-hybridized carbons (Fsp3) is 0. The third-order valence-electron chi connectivity index (χ3n) is 2.52. The van der Waals surface area contributed by atoms with Gasteiger partial charge in [0.2, 0.25) is 0 Å². The SMILES string of the molecule is Nc1cc(S(=O)(=O)Nc2c(Cl)cc(Br)cc2Cl)ccc1Cl. The number of halogens is 4. The van der Waals surface area contributed by atoms with Crippen molar-refractivity contribution in [1.29, 1.82) is 0 Å². The third-order valence-corrected chi connectivity index (χ3v) is 5.27. The van der Waals surface area contributed by atoms with E-state index in [0.717, 1.165) is 0 Å². The predicted molar refractivity (Wildman–Crippen MR) is 90.8 cm³/mol. The Morgan fingerprint density at radius 2 is 1.57 bits per heavy atom. The second-order valence-electron chi connectivity index (χ2n) is 4.03. The molecule has 0 atom stereocenters. The molecule has 0 aromatic heterocycles. The first-order valence-electron chi connectivity index (χ1n) is 5.43. The van der Waals surface area contributed by atoms with E-state index >= 15 is 0 Å². The Kier molecular flexibility index (Phi) is 4.95. The number of benzene rings is 2. The van der Waals surface area contributed by atoms with Crippen molar-refractivity contribution in [2.24, 2.45) is 0 Å². The van der Waals surface area contributed by atoms with Crippen LogP contribution in [-0.2, 0) is 10.0 Å². The van der Waals surface area contributed by atoms with Gasteiger partial charge in [-0.25, -0.2) is 8.42 Å². The fourth-order valence-electron chi connectivity index (χ4n) is 1.52. The van der Waals surface area contributed by atoms with Gasteiger partial charge in [0.05, 0.1) is 31.3 Å². The van der Waals surface area contributed by atoms with Crippen molar-refractivity contribution in [2.75, 3.05) is 10.5 Å². The number of anilines is 2. The lowest BCUT2D eigenvalue weighted by atomic mass is 10.3. The summed E-state index contributed by atoms with van der Waals surface area (Å²) >= 11 is 21.0. The molecule has 9 heteroatoms. The van der Waals surface area contributed by atoms with Gasteiger partial charge in [0, 0.05) is 4.47 Å². The zero-order valence-corrected chi connectivity index (χ0v) is 14.9. The maximum Gasteiger partial charge on any atom is 0.262 e. The lowest BCUT2D eigenvalue weighted by Gasteiger charge is -2.12. The summed E-state index contributed by atoms with van der Waals surface area (Å²) in [6.45, 7) is 0. The maximum absolute atomic E-state index is 12.3. The summed E-state index contributed by atoms with van der Waals surface area (Å²) in [4.78, 5) is -0.0422. The topological polar surface area (TPSA) is 72.2 Å². The number of hydrogen-bond donors (Lipinski definition) is 2. The van der Waals surface area contributed by atoms with E-state index in [1.54, 1.807) is 0 Å². The average Bonchev–Trinajstić information content (AvgIpc) is 2.37. The van der Waals surface area contributed by atoms with E-state index in [0.29, 0.717) is 4.47 Å². The van der Waals surface area contributed by atoms with E-state index in [2.05, 4.69) is 20.7 Å². The lowest BCUT2D eigenvalue weighted by Crippen LogP contribution is -2.14. The van der Waals surface area contributed by atoms with E-state index in [-0.39, 0.29) is 31.3 Å². The van der Waals surface area contributed by atoms with Crippen LogP contribution in [0.15, 0.2) is 39.7 Å². The van der Waals surface area contributed by atoms with Gasteiger partial charge in [-0.2, -0.15) is 0 Å². The summed E-state index contributed by atoms with van der Waals surface area (Å²) in [6, 6.07) is 7.05. The van der Waals surface area contributed by atoms with E-state index in [1.807, 2.05) is 0 Å². The van der Waals surface area contributed by atoms with Crippen molar-refractivity contribution in [3.05, 3.63) is 49.9 Å². The van der Waals surface area contributed by atoms with Crippen molar-refractivity contribution >= 4 is 72.1 Å². The van der Waals surface area contributed by atoms with Crippen molar-refractivity contribution in [3.63, 3.8) is 0 Å². The summed E-state index contributed by atoms with van der Waals surface area (Å²) in [5, 5.41) is 0.605. The lowest BCUT2D eigenvalue weighted by molar-refractivity contribution is 0.601. The molecule has 21 heavy (non-hydrogen) atoms. The van der Waals surface area contributed by atoms with Crippen LogP contribution in [0.4, 0.5) is 11.4 Å². The maximum atomic E-state index is 12.3. The van der Waals surface area contributed by atoms with Crippen LogP contribution in [-0.4, -0.2) is 8.42 Å². The number of nitrogens with two attached hydrogens (primary N) is 1. The highest BCUT2D eigenvalue weighted by Crippen LogP contribution is 2.35. The van der Waals surface area contributed by atoms with Gasteiger partial charge in [-0.1, -0.05) is 50.7 Å². The quantitative estimate of drug-likeness (QED) is 0.688. The van der Waals surface area contributed by atoms with Crippen molar-refractivity contribution < 1.29 is 8.42 Å². The Balaban J connectivity index is 2.44. The standard InChI is InChI=1S/C12H8BrCl3N2O2S/c13-6-3-9(15)12(10(16)4-6)18-21(19,20)7-1-2-8(14)11(17)5-7/h1-5,18H,17H2. The highest BCUT2D eigenvalue weighted by atomic mass is 79.9. The smallest absolute Gasteiger partial charge is 0.262 e. The van der Waals surface area contributed by atoms with Gasteiger partial charge in [0.15, 0.2) is 0 Å². The molecule has 0 amide bonds. The van der Waals surface area contributed by atoms with Gasteiger partial charge in [0.1, 0.15) is 0 Å². The monoisotopic (exact) mass is 428 g/mol. The first-order chi connectivity index (χ1) is 9.70. The number of rotatable bonds is 3. The van der Waals surface area contributed by atoms with Crippen LogP contribution in [0.3, 0.4) is 0 Å². The molecule has 3 N–H and O–H groups in total. The van der Waals surface area contributed by atoms with Crippen molar-refractivity contribution in [2.45, 2.75) is 4.90 Å². The first-order valence-corrected chi connectivity index (χ1v) is 8.84. The van der Waals surface area contributed by atoms with Crippen LogP contribution in [0.2, 0.25) is 15.1 Å². The van der Waals surface area contributed by atoms with Crippen LogP contribution in [0.1, 0.15) is 0 Å². The zero-order valence-electron chi connectivity index (χ0n) is 10.2. The minimum atomic E-state index is -3.88. The highest BCUT2D eigenvalue weighted by molar-refractivity contribution is 9.10. The van der Waals surface area contributed by atoms with Crippen molar-refractivity contribution in [3.8, 4) is 0 Å². The molecule has 0 fully saturated rings. The van der Waals surface area contributed by atoms with E-state index < -0.39 is 10.0 Å². The number of sulfonamides is 1. The van der Waals surface area contributed by atoms with Crippen LogP contribution in [0.5, 0.6) is 0 Å². The van der Waals surface area contributed by atoms with Crippen LogP contribution < -0.4 is 10.5 Å². The average molecular weight is 431 g/mol. The Labute approximate surface area is 145 Å². The molecule has 0 aliphatic carbocycles. The molecule has 4 nitrogen and oxygen atoms in total. The first kappa shape index (κ1) is 16.7. The zero-order chi connectivity index (χ0) is 15.8. The molecule has 0 aliphatic rings. The molecule has 2 rings (SSSR count). The molecule has 0 radical (unpaired) electrons. The van der Waals surface area contributed by atoms with Crippen LogP contribution in [0, 0.1) is 0 Å². The van der Waals surface area contributed by atoms with E-state index in [4.69, 9.17) is 40.5 Å². The molecular formula is C12H8BrCl3N2O2S. The molecule has 112 valence electrons. The fourth-order valence-corrected chi connectivity index (χ4v) is 4.19. The Bertz CT molecular complexity index is 789. The van der Waals surface area contributed by atoms with Crippen LogP contribution in [0.25, 0.3) is 0 Å². The van der Waals surface area contributed by atoms with E-state index in [1.165, 1.54) is 30.3 Å². The summed E-state index contributed by atoms with van der Waals surface area (Å²) in [5.74, 6) is 0.